The van der Waals surface area contributed by atoms with Crippen molar-refractivity contribution in [1.29, 1.82) is 0 Å². The van der Waals surface area contributed by atoms with E-state index in [-0.39, 0.29) is 5.91 Å². The van der Waals surface area contributed by atoms with Gasteiger partial charge in [-0.25, -0.2) is 9.97 Å². The highest BCUT2D eigenvalue weighted by molar-refractivity contribution is 5.97. The lowest BCUT2D eigenvalue weighted by molar-refractivity contribution is 0.0800. The molecule has 2 aromatic heterocycles. The molecule has 1 atom stereocenters. The lowest BCUT2D eigenvalue weighted by atomic mass is 10.1. The number of hydrogen-bond donors (Lipinski definition) is 2. The van der Waals surface area contributed by atoms with E-state index in [2.05, 4.69) is 20.3 Å². The van der Waals surface area contributed by atoms with Gasteiger partial charge in [0.05, 0.1) is 12.3 Å². The van der Waals surface area contributed by atoms with Gasteiger partial charge in [-0.1, -0.05) is 0 Å². The molecule has 1 aromatic carbocycles. The summed E-state index contributed by atoms with van der Waals surface area (Å²) >= 11 is 0. The third-order valence-corrected chi connectivity index (χ3v) is 4.94. The molecule has 1 amide bonds. The van der Waals surface area contributed by atoms with Gasteiger partial charge in [-0.3, -0.25) is 4.79 Å². The van der Waals surface area contributed by atoms with Crippen LogP contribution in [0.25, 0.3) is 10.9 Å². The molecule has 1 fully saturated rings. The summed E-state index contributed by atoms with van der Waals surface area (Å²) in [5, 5.41) is 4.32. The molecule has 0 aliphatic carbocycles. The van der Waals surface area contributed by atoms with Crippen molar-refractivity contribution in [3.8, 4) is 0 Å². The van der Waals surface area contributed by atoms with Crippen LogP contribution in [0.15, 0.2) is 42.9 Å². The van der Waals surface area contributed by atoms with Crippen LogP contribution in [0.4, 0.5) is 5.82 Å². The molecular weight excluding hydrogens is 342 g/mol. The third kappa shape index (κ3) is 3.93. The van der Waals surface area contributed by atoms with E-state index in [1.165, 1.54) is 0 Å². The summed E-state index contributed by atoms with van der Waals surface area (Å²) < 4.78 is 5.43. The predicted octanol–water partition coefficient (Wildman–Crippen LogP) is 2.65. The maximum absolute atomic E-state index is 12.6. The molecule has 0 saturated carbocycles. The van der Waals surface area contributed by atoms with Gasteiger partial charge in [0.2, 0.25) is 0 Å². The van der Waals surface area contributed by atoms with Crippen LogP contribution >= 0.6 is 0 Å². The van der Waals surface area contributed by atoms with E-state index in [0.717, 1.165) is 42.0 Å². The number of nitrogens with zero attached hydrogens (tertiary/aromatic N) is 3. The molecule has 2 N–H and O–H groups in total. The Morgan fingerprint density at radius 1 is 1.33 bits per heavy atom. The zero-order chi connectivity index (χ0) is 18.6. The highest BCUT2D eigenvalue weighted by Gasteiger charge is 2.19. The average Bonchev–Trinajstić information content (AvgIpc) is 3.38. The van der Waals surface area contributed by atoms with Gasteiger partial charge >= 0.3 is 0 Å². The van der Waals surface area contributed by atoms with Gasteiger partial charge in [0.25, 0.3) is 5.91 Å². The molecule has 27 heavy (non-hydrogen) atoms. The van der Waals surface area contributed by atoms with Crippen molar-refractivity contribution in [2.45, 2.75) is 12.3 Å². The van der Waals surface area contributed by atoms with Gasteiger partial charge in [0.1, 0.15) is 12.1 Å². The molecule has 140 valence electrons. The number of rotatable bonds is 6. The van der Waals surface area contributed by atoms with E-state index in [1.54, 1.807) is 11.2 Å². The minimum atomic E-state index is 0.00591. The number of carbonyl (C=O) groups excluding carboxylic acids is 1. The van der Waals surface area contributed by atoms with Crippen LogP contribution in [0.5, 0.6) is 0 Å². The maximum Gasteiger partial charge on any atom is 0.253 e. The van der Waals surface area contributed by atoms with Gasteiger partial charge in [0.15, 0.2) is 0 Å². The van der Waals surface area contributed by atoms with E-state index in [4.69, 9.17) is 4.74 Å². The molecule has 4 rings (SSSR count). The Morgan fingerprint density at radius 3 is 3.11 bits per heavy atom. The van der Waals surface area contributed by atoms with Crippen LogP contribution < -0.4 is 5.32 Å². The van der Waals surface area contributed by atoms with Crippen molar-refractivity contribution in [2.24, 2.45) is 0 Å². The minimum absolute atomic E-state index is 0.00591. The molecule has 0 spiro atoms. The first kappa shape index (κ1) is 17.5. The summed E-state index contributed by atoms with van der Waals surface area (Å²) in [4.78, 5) is 26.1. The fraction of sp³-hybridized carbons (Fsp3) is 0.350. The maximum atomic E-state index is 12.6. The standard InChI is InChI=1S/C20H23N5O2/c1-25(20(26)15-2-3-17-14(10-15)4-6-21-17)8-7-22-19-11-18(23-13-24-19)16-5-9-27-12-16/h2-4,6,10-11,13,16,21H,5,7-9,12H2,1H3,(H,22,23,24)/t16-/m0/s1. The van der Waals surface area contributed by atoms with Crippen molar-refractivity contribution in [1.82, 2.24) is 19.9 Å². The second kappa shape index (κ2) is 7.75. The van der Waals surface area contributed by atoms with Crippen molar-refractivity contribution >= 4 is 22.6 Å². The van der Waals surface area contributed by atoms with Gasteiger partial charge in [-0.05, 0) is 30.7 Å². The van der Waals surface area contributed by atoms with Gasteiger partial charge < -0.3 is 19.9 Å². The zero-order valence-electron chi connectivity index (χ0n) is 15.3. The second-order valence-electron chi connectivity index (χ2n) is 6.82. The number of aromatic amines is 1. The van der Waals surface area contributed by atoms with Gasteiger partial charge in [-0.15, -0.1) is 0 Å². The molecule has 0 radical (unpaired) electrons. The monoisotopic (exact) mass is 365 g/mol. The number of hydrogen-bond acceptors (Lipinski definition) is 5. The van der Waals surface area contributed by atoms with E-state index in [9.17, 15) is 4.79 Å². The van der Waals surface area contributed by atoms with Crippen molar-refractivity contribution < 1.29 is 9.53 Å². The van der Waals surface area contributed by atoms with Crippen LogP contribution in [-0.2, 0) is 4.74 Å². The fourth-order valence-corrected chi connectivity index (χ4v) is 3.32. The van der Waals surface area contributed by atoms with E-state index >= 15 is 0 Å². The van der Waals surface area contributed by atoms with E-state index in [1.807, 2.05) is 43.6 Å². The number of anilines is 1. The summed E-state index contributed by atoms with van der Waals surface area (Å²) in [5.74, 6) is 1.13. The minimum Gasteiger partial charge on any atom is -0.381 e. The molecule has 1 aliphatic rings. The Kier molecular flexibility index (Phi) is 5.02. The number of nitrogens with one attached hydrogen (secondary N) is 2. The van der Waals surface area contributed by atoms with Gasteiger partial charge in [-0.2, -0.15) is 0 Å². The van der Waals surface area contributed by atoms with E-state index in [0.29, 0.717) is 24.6 Å². The number of carbonyl (C=O) groups is 1. The van der Waals surface area contributed by atoms with Crippen LogP contribution in [0.1, 0.15) is 28.4 Å². The zero-order valence-corrected chi connectivity index (χ0v) is 15.3. The summed E-state index contributed by atoms with van der Waals surface area (Å²) in [7, 11) is 1.81. The smallest absolute Gasteiger partial charge is 0.253 e. The molecule has 0 unspecified atom stereocenters. The van der Waals surface area contributed by atoms with Crippen LogP contribution in [0.2, 0.25) is 0 Å². The molecule has 7 heteroatoms. The van der Waals surface area contributed by atoms with Crippen molar-refractivity contribution in [3.05, 3.63) is 54.1 Å². The first-order valence-electron chi connectivity index (χ1n) is 9.17. The fourth-order valence-electron chi connectivity index (χ4n) is 3.32. The molecule has 1 aliphatic heterocycles. The number of fused-ring (bicyclic) bond motifs is 1. The highest BCUT2D eigenvalue weighted by Crippen LogP contribution is 2.24. The lowest BCUT2D eigenvalue weighted by Crippen LogP contribution is -2.31. The lowest BCUT2D eigenvalue weighted by Gasteiger charge is -2.18. The number of H-pyrrole nitrogens is 1. The molecule has 7 nitrogen and oxygen atoms in total. The summed E-state index contributed by atoms with van der Waals surface area (Å²) in [5.41, 5.74) is 2.73. The van der Waals surface area contributed by atoms with Crippen LogP contribution in [0.3, 0.4) is 0 Å². The normalized spacial score (nSPS) is 16.6. The third-order valence-electron chi connectivity index (χ3n) is 4.94. The average molecular weight is 365 g/mol. The number of aromatic nitrogens is 3. The SMILES string of the molecule is CN(CCNc1cc([C@H]2CCOC2)ncn1)C(=O)c1ccc2[nH]ccc2c1. The van der Waals surface area contributed by atoms with E-state index < -0.39 is 0 Å². The molecule has 3 aromatic rings. The Balaban J connectivity index is 1.33. The number of ether oxygens (including phenoxy) is 1. The van der Waals surface area contributed by atoms with Crippen LogP contribution in [0, 0.1) is 0 Å². The van der Waals surface area contributed by atoms with Gasteiger partial charge in [0, 0.05) is 61.4 Å². The van der Waals surface area contributed by atoms with Crippen molar-refractivity contribution in [2.75, 3.05) is 38.7 Å². The second-order valence-corrected chi connectivity index (χ2v) is 6.82. The molecular formula is C20H23N5O2. The topological polar surface area (TPSA) is 83.1 Å². The number of amides is 1. The number of likely N-dealkylation sites (N-methyl/N-ethyl adjacent to an activating group) is 1. The Hall–Kier alpha value is -2.93. The number of benzene rings is 1. The largest absolute Gasteiger partial charge is 0.381 e. The van der Waals surface area contributed by atoms with Crippen LogP contribution in [-0.4, -0.2) is 59.1 Å². The molecule has 0 bridgehead atoms. The quantitative estimate of drug-likeness (QED) is 0.702. The Morgan fingerprint density at radius 2 is 2.26 bits per heavy atom. The first-order valence-corrected chi connectivity index (χ1v) is 9.17. The first-order chi connectivity index (χ1) is 13.2. The van der Waals surface area contributed by atoms with Crippen molar-refractivity contribution in [3.63, 3.8) is 0 Å². The molecule has 1 saturated heterocycles. The Bertz CT molecular complexity index is 933. The summed E-state index contributed by atoms with van der Waals surface area (Å²) in [6.07, 6.45) is 4.45. The summed E-state index contributed by atoms with van der Waals surface area (Å²) in [6.45, 7) is 2.71. The predicted molar refractivity (Wildman–Crippen MR) is 104 cm³/mol. The Labute approximate surface area is 157 Å². The summed E-state index contributed by atoms with van der Waals surface area (Å²) in [6, 6.07) is 9.64. The highest BCUT2D eigenvalue weighted by atomic mass is 16.5. The molecule has 3 heterocycles.